The zero-order valence-corrected chi connectivity index (χ0v) is 17.2. The lowest BCUT2D eigenvalue weighted by Gasteiger charge is -2.50. The lowest BCUT2D eigenvalue weighted by molar-refractivity contribution is -0.149. The van der Waals surface area contributed by atoms with Crippen molar-refractivity contribution in [2.24, 2.45) is 17.3 Å². The van der Waals surface area contributed by atoms with Gasteiger partial charge >= 0.3 is 5.97 Å². The molecule has 6 rings (SSSR count). The summed E-state index contributed by atoms with van der Waals surface area (Å²) in [4.78, 5) is 15.6. The second-order valence-electron chi connectivity index (χ2n) is 8.67. The van der Waals surface area contributed by atoms with E-state index >= 15 is 0 Å². The van der Waals surface area contributed by atoms with Gasteiger partial charge < -0.3 is 10.1 Å². The van der Waals surface area contributed by atoms with Gasteiger partial charge in [-0.1, -0.05) is 37.3 Å². The highest BCUT2D eigenvalue weighted by atomic mass is 35.5. The van der Waals surface area contributed by atoms with Crippen LogP contribution in [-0.2, 0) is 14.9 Å². The molecule has 0 radical (unpaired) electrons. The molecule has 0 amide bonds. The van der Waals surface area contributed by atoms with Gasteiger partial charge in [0.2, 0.25) is 0 Å². The topological polar surface area (TPSA) is 41.6 Å². The van der Waals surface area contributed by atoms with Crippen LogP contribution in [0.5, 0.6) is 0 Å². The van der Waals surface area contributed by atoms with Crippen LogP contribution in [0.1, 0.15) is 25.3 Å². The molecule has 146 valence electrons. The molecule has 3 spiro atoms. The van der Waals surface area contributed by atoms with E-state index in [4.69, 9.17) is 4.74 Å². The van der Waals surface area contributed by atoms with Crippen molar-refractivity contribution in [3.05, 3.63) is 42.0 Å². The van der Waals surface area contributed by atoms with Gasteiger partial charge in [-0.05, 0) is 36.9 Å². The van der Waals surface area contributed by atoms with Crippen LogP contribution in [0, 0.1) is 17.3 Å². The Bertz CT molecular complexity index is 845. The Morgan fingerprint density at radius 2 is 2.07 bits per heavy atom. The van der Waals surface area contributed by atoms with Gasteiger partial charge in [0.25, 0.3) is 0 Å². The number of ether oxygens (including phenoxy) is 1. The number of hydrogen-bond acceptors (Lipinski definition) is 4. The molecule has 1 aromatic rings. The van der Waals surface area contributed by atoms with Gasteiger partial charge in [-0.25, -0.2) is 0 Å². The van der Waals surface area contributed by atoms with Crippen molar-refractivity contribution in [2.75, 3.05) is 25.5 Å². The summed E-state index contributed by atoms with van der Waals surface area (Å²) in [7, 11) is 1.54. The molecule has 4 nitrogen and oxygen atoms in total. The third-order valence-corrected chi connectivity index (χ3v) is 8.47. The molecule has 1 aromatic carbocycles. The third-order valence-electron chi connectivity index (χ3n) is 8.47. The van der Waals surface area contributed by atoms with E-state index in [1.54, 1.807) is 0 Å². The summed E-state index contributed by atoms with van der Waals surface area (Å²) in [6.45, 7) is 4.53. The summed E-state index contributed by atoms with van der Waals surface area (Å²) < 4.78 is 5.30. The van der Waals surface area contributed by atoms with Crippen molar-refractivity contribution >= 4 is 36.5 Å². The van der Waals surface area contributed by atoms with Crippen LogP contribution in [0.25, 0.3) is 0 Å². The first kappa shape index (κ1) is 19.1. The summed E-state index contributed by atoms with van der Waals surface area (Å²) in [5.74, 6) is 0.277. The molecule has 3 heterocycles. The SMILES string of the molecule is COC(=O)[C@@H]1C[C@@]23C=CCN4CC[C@@]5(c6ccccc6N[C@]15[C@@H]2C)[C@@H]43.Cl.Cl. The number of methoxy groups -OCH3 is 1. The number of fused-ring (bicyclic) bond motifs is 1. The van der Waals surface area contributed by atoms with Crippen LogP contribution in [0.2, 0.25) is 0 Å². The van der Waals surface area contributed by atoms with Crippen LogP contribution in [0.4, 0.5) is 5.69 Å². The molecule has 2 bridgehead atoms. The van der Waals surface area contributed by atoms with Gasteiger partial charge in [-0.2, -0.15) is 0 Å². The third kappa shape index (κ3) is 1.67. The smallest absolute Gasteiger partial charge is 0.311 e. The average molecular weight is 409 g/mol. The fraction of sp³-hybridized carbons (Fsp3) is 0.571. The molecular weight excluding hydrogens is 383 g/mol. The second kappa shape index (κ2) is 5.65. The van der Waals surface area contributed by atoms with Crippen LogP contribution in [-0.4, -0.2) is 42.6 Å². The van der Waals surface area contributed by atoms with Gasteiger partial charge in [0.1, 0.15) is 0 Å². The van der Waals surface area contributed by atoms with Crippen molar-refractivity contribution in [3.63, 3.8) is 0 Å². The van der Waals surface area contributed by atoms with Crippen molar-refractivity contribution in [1.82, 2.24) is 4.90 Å². The van der Waals surface area contributed by atoms with E-state index in [-0.39, 0.29) is 53.1 Å². The first-order valence-corrected chi connectivity index (χ1v) is 9.49. The highest BCUT2D eigenvalue weighted by Crippen LogP contribution is 2.78. The lowest BCUT2D eigenvalue weighted by Crippen LogP contribution is -2.63. The predicted molar refractivity (Wildman–Crippen MR) is 110 cm³/mol. The summed E-state index contributed by atoms with van der Waals surface area (Å²) in [5.41, 5.74) is 2.53. The van der Waals surface area contributed by atoms with Crippen LogP contribution < -0.4 is 5.32 Å². The fourth-order valence-electron chi connectivity index (χ4n) is 7.93. The standard InChI is InChI=1S/C21H24N2O2.2ClH/c1-13-19-8-5-10-23-11-9-20(18(19)23)14-6-3-4-7-16(14)22-21(13,20)15(12-19)17(24)25-2;;/h3-8,13,15,18,22H,9-12H2,1-2H3;2*1H/t13-,15+,18+,19+,20-,21-;;/m1../s1. The van der Waals surface area contributed by atoms with Gasteiger partial charge in [-0.15, -0.1) is 24.8 Å². The van der Waals surface area contributed by atoms with E-state index in [9.17, 15) is 4.79 Å². The Balaban J connectivity index is 0.000000900. The zero-order valence-electron chi connectivity index (χ0n) is 15.6. The molecule has 0 unspecified atom stereocenters. The molecule has 3 aliphatic heterocycles. The number of esters is 1. The largest absolute Gasteiger partial charge is 0.469 e. The lowest BCUT2D eigenvalue weighted by atomic mass is 9.57. The first-order chi connectivity index (χ1) is 12.1. The van der Waals surface area contributed by atoms with Crippen molar-refractivity contribution in [1.29, 1.82) is 0 Å². The molecule has 6 heteroatoms. The Morgan fingerprint density at radius 3 is 2.85 bits per heavy atom. The number of anilines is 1. The maximum absolute atomic E-state index is 12.9. The molecule has 2 aliphatic carbocycles. The Labute approximate surface area is 172 Å². The highest BCUT2D eigenvalue weighted by Gasteiger charge is 2.85. The maximum Gasteiger partial charge on any atom is 0.311 e. The monoisotopic (exact) mass is 408 g/mol. The number of halogens is 2. The van der Waals surface area contributed by atoms with Crippen LogP contribution in [0.3, 0.4) is 0 Å². The van der Waals surface area contributed by atoms with E-state index in [0.717, 1.165) is 25.9 Å². The highest BCUT2D eigenvalue weighted by molar-refractivity contribution is 5.85. The molecule has 6 atom stereocenters. The van der Waals surface area contributed by atoms with Crippen molar-refractivity contribution < 1.29 is 9.53 Å². The molecule has 1 saturated heterocycles. The molecule has 27 heavy (non-hydrogen) atoms. The number of para-hydroxylation sites is 1. The molecule has 0 aromatic heterocycles. The molecule has 5 aliphatic rings. The number of hydrogen-bond donors (Lipinski definition) is 1. The van der Waals surface area contributed by atoms with Crippen LogP contribution >= 0.6 is 24.8 Å². The average Bonchev–Trinajstić information content (AvgIpc) is 3.29. The number of benzene rings is 1. The maximum atomic E-state index is 12.9. The molecule has 2 saturated carbocycles. The molecular formula is C21H26Cl2N2O2. The summed E-state index contributed by atoms with van der Waals surface area (Å²) in [5, 5.41) is 3.92. The minimum Gasteiger partial charge on any atom is -0.469 e. The van der Waals surface area contributed by atoms with E-state index in [0.29, 0.717) is 12.0 Å². The summed E-state index contributed by atoms with van der Waals surface area (Å²) in [6, 6.07) is 9.25. The van der Waals surface area contributed by atoms with Gasteiger partial charge in [0, 0.05) is 29.1 Å². The second-order valence-corrected chi connectivity index (χ2v) is 8.67. The number of carbonyl (C=O) groups is 1. The van der Waals surface area contributed by atoms with E-state index in [1.807, 2.05) is 0 Å². The van der Waals surface area contributed by atoms with Crippen LogP contribution in [0.15, 0.2) is 36.4 Å². The number of carbonyl (C=O) groups excluding carboxylic acids is 1. The summed E-state index contributed by atoms with van der Waals surface area (Å²) in [6.07, 6.45) is 6.83. The zero-order chi connectivity index (χ0) is 17.0. The fourth-order valence-corrected chi connectivity index (χ4v) is 7.93. The van der Waals surface area contributed by atoms with Crippen molar-refractivity contribution in [2.45, 2.75) is 36.8 Å². The minimum absolute atomic E-state index is 0. The van der Waals surface area contributed by atoms with Gasteiger partial charge in [-0.3, -0.25) is 9.69 Å². The minimum atomic E-state index is -0.224. The first-order valence-electron chi connectivity index (χ1n) is 9.49. The quantitative estimate of drug-likeness (QED) is 0.570. The predicted octanol–water partition coefficient (Wildman–Crippen LogP) is 3.41. The van der Waals surface area contributed by atoms with Gasteiger partial charge in [0.15, 0.2) is 0 Å². The number of nitrogens with zero attached hydrogens (tertiary/aromatic N) is 1. The summed E-state index contributed by atoms with van der Waals surface area (Å²) >= 11 is 0. The van der Waals surface area contributed by atoms with E-state index in [2.05, 4.69) is 53.6 Å². The van der Waals surface area contributed by atoms with Crippen molar-refractivity contribution in [3.8, 4) is 0 Å². The Hall–Kier alpha value is -1.23. The van der Waals surface area contributed by atoms with E-state index in [1.165, 1.54) is 18.4 Å². The number of nitrogens with one attached hydrogen (secondary N) is 1. The Kier molecular flexibility index (Phi) is 4.00. The number of rotatable bonds is 1. The Morgan fingerprint density at radius 1 is 1.30 bits per heavy atom. The molecule has 3 fully saturated rings. The van der Waals surface area contributed by atoms with Gasteiger partial charge in [0.05, 0.1) is 18.6 Å². The normalized spacial score (nSPS) is 44.4. The molecule has 1 N–H and O–H groups in total. The van der Waals surface area contributed by atoms with E-state index < -0.39 is 0 Å².